The summed E-state index contributed by atoms with van der Waals surface area (Å²) in [6.07, 6.45) is 8.53. The van der Waals surface area contributed by atoms with Crippen LogP contribution in [0.4, 0.5) is 0 Å². The van der Waals surface area contributed by atoms with Crippen molar-refractivity contribution < 1.29 is 19.1 Å². The molecule has 1 aliphatic rings. The summed E-state index contributed by atoms with van der Waals surface area (Å²) < 4.78 is 10.4. The molecule has 138 valence electrons. The van der Waals surface area contributed by atoms with Crippen molar-refractivity contribution in [1.82, 2.24) is 0 Å². The van der Waals surface area contributed by atoms with Gasteiger partial charge in [0.15, 0.2) is 5.78 Å². The zero-order valence-electron chi connectivity index (χ0n) is 15.3. The molecule has 0 heterocycles. The number of allylic oxidation sites excluding steroid dienone is 1. The van der Waals surface area contributed by atoms with Crippen molar-refractivity contribution in [2.24, 2.45) is 0 Å². The van der Waals surface area contributed by atoms with Crippen LogP contribution in [0, 0.1) is 0 Å². The van der Waals surface area contributed by atoms with E-state index in [0.717, 1.165) is 41.7 Å². The molecule has 2 aromatic rings. The van der Waals surface area contributed by atoms with Crippen LogP contribution in [0.1, 0.15) is 36.8 Å². The Balaban J connectivity index is 1.58. The van der Waals surface area contributed by atoms with Gasteiger partial charge >= 0.3 is 5.97 Å². The average molecular weight is 362 g/mol. The molecule has 0 amide bonds. The number of esters is 1. The standard InChI is InChI=1S/C23H22O4/c1-26-20-11-6-17(7-12-20)10-15-23(25)27-21-13-8-18(9-14-21)16-19-4-2-3-5-22(19)24/h6-16H,2-5H2,1H3/b15-10+,19-16+. The van der Waals surface area contributed by atoms with E-state index >= 15 is 0 Å². The highest BCUT2D eigenvalue weighted by atomic mass is 16.5. The van der Waals surface area contributed by atoms with E-state index in [2.05, 4.69) is 0 Å². The van der Waals surface area contributed by atoms with Crippen LogP contribution in [0.25, 0.3) is 12.2 Å². The van der Waals surface area contributed by atoms with Crippen molar-refractivity contribution >= 4 is 23.9 Å². The topological polar surface area (TPSA) is 52.6 Å². The number of rotatable bonds is 5. The molecule has 0 spiro atoms. The molecule has 0 unspecified atom stereocenters. The molecule has 1 saturated carbocycles. The molecular weight excluding hydrogens is 340 g/mol. The monoisotopic (exact) mass is 362 g/mol. The van der Waals surface area contributed by atoms with Crippen molar-refractivity contribution in [2.45, 2.75) is 25.7 Å². The number of Topliss-reactive ketones (excluding diaryl/α,β-unsaturated/α-hetero) is 1. The second-order valence-corrected chi connectivity index (χ2v) is 6.40. The smallest absolute Gasteiger partial charge is 0.336 e. The van der Waals surface area contributed by atoms with Gasteiger partial charge < -0.3 is 9.47 Å². The third kappa shape index (κ3) is 5.42. The molecule has 1 aliphatic carbocycles. The minimum absolute atomic E-state index is 0.237. The molecule has 4 heteroatoms. The normalized spacial score (nSPS) is 15.9. The maximum Gasteiger partial charge on any atom is 0.336 e. The fourth-order valence-electron chi connectivity index (χ4n) is 2.92. The first kappa shape index (κ1) is 18.6. The van der Waals surface area contributed by atoms with E-state index in [1.54, 1.807) is 25.3 Å². The third-order valence-corrected chi connectivity index (χ3v) is 4.43. The molecule has 3 rings (SSSR count). The van der Waals surface area contributed by atoms with Crippen LogP contribution in [0.15, 0.2) is 60.2 Å². The summed E-state index contributed by atoms with van der Waals surface area (Å²) in [4.78, 5) is 23.8. The van der Waals surface area contributed by atoms with E-state index in [-0.39, 0.29) is 5.78 Å². The number of methoxy groups -OCH3 is 1. The van der Waals surface area contributed by atoms with Gasteiger partial charge in [0, 0.05) is 12.5 Å². The van der Waals surface area contributed by atoms with Gasteiger partial charge in [0.05, 0.1) is 7.11 Å². The van der Waals surface area contributed by atoms with E-state index in [0.29, 0.717) is 12.2 Å². The lowest BCUT2D eigenvalue weighted by molar-refractivity contribution is -0.128. The number of ether oxygens (including phenoxy) is 2. The molecule has 0 radical (unpaired) electrons. The van der Waals surface area contributed by atoms with Gasteiger partial charge in [0.2, 0.25) is 0 Å². The molecule has 0 bridgehead atoms. The van der Waals surface area contributed by atoms with Gasteiger partial charge in [0.25, 0.3) is 0 Å². The molecular formula is C23H22O4. The van der Waals surface area contributed by atoms with Gasteiger partial charge in [-0.25, -0.2) is 4.79 Å². The lowest BCUT2D eigenvalue weighted by Gasteiger charge is -2.12. The molecule has 1 fully saturated rings. The van der Waals surface area contributed by atoms with Crippen molar-refractivity contribution in [1.29, 1.82) is 0 Å². The minimum Gasteiger partial charge on any atom is -0.497 e. The summed E-state index contributed by atoms with van der Waals surface area (Å²) in [5.41, 5.74) is 2.70. The van der Waals surface area contributed by atoms with Crippen LogP contribution in [0.3, 0.4) is 0 Å². The van der Waals surface area contributed by atoms with E-state index in [1.165, 1.54) is 6.08 Å². The van der Waals surface area contributed by atoms with Gasteiger partial charge in [-0.2, -0.15) is 0 Å². The Morgan fingerprint density at radius 3 is 2.19 bits per heavy atom. The number of carbonyl (C=O) groups is 2. The SMILES string of the molecule is COc1ccc(/C=C/C(=O)Oc2ccc(/C=C3\CCCCC3=O)cc2)cc1. The zero-order valence-corrected chi connectivity index (χ0v) is 15.3. The Labute approximate surface area is 159 Å². The van der Waals surface area contributed by atoms with Crippen LogP contribution in [0.2, 0.25) is 0 Å². The van der Waals surface area contributed by atoms with Crippen molar-refractivity contribution in [3.63, 3.8) is 0 Å². The Bertz CT molecular complexity index is 858. The van der Waals surface area contributed by atoms with E-state index in [1.807, 2.05) is 42.5 Å². The molecule has 0 aliphatic heterocycles. The second-order valence-electron chi connectivity index (χ2n) is 6.40. The van der Waals surface area contributed by atoms with Gasteiger partial charge in [-0.1, -0.05) is 24.3 Å². The first-order valence-corrected chi connectivity index (χ1v) is 9.02. The van der Waals surface area contributed by atoms with Crippen molar-refractivity contribution in [2.75, 3.05) is 7.11 Å². The predicted molar refractivity (Wildman–Crippen MR) is 106 cm³/mol. The predicted octanol–water partition coefficient (Wildman–Crippen LogP) is 4.84. The summed E-state index contributed by atoms with van der Waals surface area (Å²) in [7, 11) is 1.61. The maximum atomic E-state index is 12.0. The largest absolute Gasteiger partial charge is 0.497 e. The van der Waals surface area contributed by atoms with Crippen LogP contribution >= 0.6 is 0 Å². The summed E-state index contributed by atoms with van der Waals surface area (Å²) >= 11 is 0. The number of hydrogen-bond acceptors (Lipinski definition) is 4. The lowest BCUT2D eigenvalue weighted by Crippen LogP contribution is -2.08. The maximum absolute atomic E-state index is 12.0. The molecule has 2 aromatic carbocycles. The lowest BCUT2D eigenvalue weighted by atomic mass is 9.92. The molecule has 4 nitrogen and oxygen atoms in total. The molecule has 0 atom stereocenters. The highest BCUT2D eigenvalue weighted by Crippen LogP contribution is 2.23. The zero-order chi connectivity index (χ0) is 19.1. The Morgan fingerprint density at radius 2 is 1.52 bits per heavy atom. The number of hydrogen-bond donors (Lipinski definition) is 0. The Morgan fingerprint density at radius 1 is 0.889 bits per heavy atom. The van der Waals surface area contributed by atoms with Crippen LogP contribution in [0.5, 0.6) is 11.5 Å². The first-order valence-electron chi connectivity index (χ1n) is 9.02. The Kier molecular flexibility index (Phi) is 6.21. The number of ketones is 1. The van der Waals surface area contributed by atoms with Crippen LogP contribution in [-0.4, -0.2) is 18.9 Å². The summed E-state index contributed by atoms with van der Waals surface area (Å²) in [6, 6.07) is 14.5. The van der Waals surface area contributed by atoms with Gasteiger partial charge in [0.1, 0.15) is 11.5 Å². The fourth-order valence-corrected chi connectivity index (χ4v) is 2.92. The average Bonchev–Trinajstić information content (AvgIpc) is 2.70. The first-order chi connectivity index (χ1) is 13.1. The van der Waals surface area contributed by atoms with Crippen molar-refractivity contribution in [3.05, 3.63) is 71.3 Å². The van der Waals surface area contributed by atoms with E-state index in [4.69, 9.17) is 9.47 Å². The van der Waals surface area contributed by atoms with Gasteiger partial charge in [-0.05, 0) is 72.4 Å². The number of benzene rings is 2. The molecule has 27 heavy (non-hydrogen) atoms. The summed E-state index contributed by atoms with van der Waals surface area (Å²) in [5.74, 6) is 1.02. The fraction of sp³-hybridized carbons (Fsp3) is 0.217. The van der Waals surface area contributed by atoms with E-state index < -0.39 is 5.97 Å². The second kappa shape index (κ2) is 8.99. The van der Waals surface area contributed by atoms with Crippen LogP contribution < -0.4 is 9.47 Å². The Hall–Kier alpha value is -3.14. The molecule has 0 N–H and O–H groups in total. The highest BCUT2D eigenvalue weighted by Gasteiger charge is 2.14. The molecule has 0 saturated heterocycles. The van der Waals surface area contributed by atoms with Gasteiger partial charge in [-0.3, -0.25) is 4.79 Å². The number of carbonyl (C=O) groups excluding carboxylic acids is 2. The summed E-state index contributed by atoms with van der Waals surface area (Å²) in [5, 5.41) is 0. The van der Waals surface area contributed by atoms with Gasteiger partial charge in [-0.15, -0.1) is 0 Å². The quantitative estimate of drug-likeness (QED) is 0.434. The van der Waals surface area contributed by atoms with Crippen LogP contribution in [-0.2, 0) is 9.59 Å². The van der Waals surface area contributed by atoms with E-state index in [9.17, 15) is 9.59 Å². The highest BCUT2D eigenvalue weighted by molar-refractivity contribution is 6.00. The minimum atomic E-state index is -0.445. The summed E-state index contributed by atoms with van der Waals surface area (Å²) in [6.45, 7) is 0. The molecule has 0 aromatic heterocycles. The van der Waals surface area contributed by atoms with Crippen molar-refractivity contribution in [3.8, 4) is 11.5 Å². The third-order valence-electron chi connectivity index (χ3n) is 4.43.